The Kier molecular flexibility index (Phi) is 5.35. The van der Waals surface area contributed by atoms with E-state index in [2.05, 4.69) is 10.6 Å². The van der Waals surface area contributed by atoms with Crippen LogP contribution >= 0.6 is 0 Å². The van der Waals surface area contributed by atoms with Gasteiger partial charge in [0, 0.05) is 25.5 Å². The number of alkyl halides is 3. The van der Waals surface area contributed by atoms with Crippen molar-refractivity contribution in [2.45, 2.75) is 6.18 Å². The van der Waals surface area contributed by atoms with Gasteiger partial charge in [-0.05, 0) is 24.3 Å². The fraction of sp³-hybridized carbons (Fsp3) is 0.250. The van der Waals surface area contributed by atoms with Crippen LogP contribution in [0, 0.1) is 0 Å². The van der Waals surface area contributed by atoms with Gasteiger partial charge in [-0.1, -0.05) is 0 Å². The van der Waals surface area contributed by atoms with Crippen LogP contribution in [-0.4, -0.2) is 37.4 Å². The molecule has 0 radical (unpaired) electrons. The van der Waals surface area contributed by atoms with E-state index in [1.165, 1.54) is 43.7 Å². The summed E-state index contributed by atoms with van der Waals surface area (Å²) in [6, 6.07) is 4.68. The normalized spacial score (nSPS) is 11.1. The average Bonchev–Trinajstić information content (AvgIpc) is 3.06. The van der Waals surface area contributed by atoms with E-state index in [9.17, 15) is 22.8 Å². The molecule has 0 fully saturated rings. The molecule has 2 rings (SSSR count). The topological polar surface area (TPSA) is 74.6 Å². The highest BCUT2D eigenvalue weighted by Gasteiger charge is 2.34. The number of hydrogen-bond donors (Lipinski definition) is 2. The molecule has 2 aromatic rings. The summed E-state index contributed by atoms with van der Waals surface area (Å²) >= 11 is 0. The molecule has 2 N–H and O–H groups in total. The molecule has 1 aromatic heterocycles. The Bertz CT molecular complexity index is 756. The smallest absolute Gasteiger partial charge is 0.418 e. The zero-order valence-electron chi connectivity index (χ0n) is 13.5. The number of hydrogen-bond acceptors (Lipinski definition) is 4. The van der Waals surface area contributed by atoms with Crippen molar-refractivity contribution < 1.29 is 27.2 Å². The molecule has 0 unspecified atom stereocenters. The molecule has 0 spiro atoms. The van der Waals surface area contributed by atoms with E-state index in [0.717, 1.165) is 12.1 Å². The van der Waals surface area contributed by atoms with Gasteiger partial charge in [-0.15, -0.1) is 0 Å². The number of carbonyl (C=O) groups excluding carboxylic acids is 2. The number of amides is 2. The molecule has 0 saturated heterocycles. The van der Waals surface area contributed by atoms with Crippen LogP contribution in [0.15, 0.2) is 41.2 Å². The Morgan fingerprint density at radius 2 is 1.92 bits per heavy atom. The minimum absolute atomic E-state index is 0.0250. The number of likely N-dealkylation sites (N-methyl/N-ethyl adjacent to an activating group) is 1. The molecule has 0 saturated carbocycles. The lowest BCUT2D eigenvalue weighted by molar-refractivity contribution is -0.137. The number of furan rings is 1. The molecule has 0 aliphatic rings. The number of halogens is 3. The molecular formula is C16H16F3N3O3. The Balaban J connectivity index is 2.21. The van der Waals surface area contributed by atoms with E-state index < -0.39 is 17.6 Å². The van der Waals surface area contributed by atoms with Crippen molar-refractivity contribution in [3.05, 3.63) is 47.9 Å². The zero-order chi connectivity index (χ0) is 18.6. The fourth-order valence-corrected chi connectivity index (χ4v) is 1.94. The maximum atomic E-state index is 13.3. The Hall–Kier alpha value is -2.97. The minimum atomic E-state index is -4.65. The Labute approximate surface area is 141 Å². The lowest BCUT2D eigenvalue weighted by Crippen LogP contribution is -2.29. The van der Waals surface area contributed by atoms with Gasteiger partial charge >= 0.3 is 6.18 Å². The van der Waals surface area contributed by atoms with Gasteiger partial charge in [-0.2, -0.15) is 13.2 Å². The van der Waals surface area contributed by atoms with Gasteiger partial charge in [-0.3, -0.25) is 9.59 Å². The number of benzene rings is 1. The third-order valence-electron chi connectivity index (χ3n) is 3.30. The summed E-state index contributed by atoms with van der Waals surface area (Å²) < 4.78 is 44.5. The van der Waals surface area contributed by atoms with Crippen molar-refractivity contribution in [1.82, 2.24) is 4.90 Å². The maximum Gasteiger partial charge on any atom is 0.418 e. The first-order valence-electron chi connectivity index (χ1n) is 7.17. The van der Waals surface area contributed by atoms with Crippen LogP contribution in [0.3, 0.4) is 0 Å². The molecule has 0 aliphatic carbocycles. The largest absolute Gasteiger partial charge is 0.472 e. The van der Waals surface area contributed by atoms with Gasteiger partial charge in [0.25, 0.3) is 5.91 Å². The van der Waals surface area contributed by atoms with Gasteiger partial charge in [0.05, 0.1) is 23.9 Å². The van der Waals surface area contributed by atoms with E-state index in [4.69, 9.17) is 4.42 Å². The average molecular weight is 355 g/mol. The van der Waals surface area contributed by atoms with Gasteiger partial charge in [-0.25, -0.2) is 0 Å². The predicted molar refractivity (Wildman–Crippen MR) is 85.3 cm³/mol. The van der Waals surface area contributed by atoms with Crippen molar-refractivity contribution in [3.8, 4) is 0 Å². The van der Waals surface area contributed by atoms with E-state index in [1.807, 2.05) is 0 Å². The van der Waals surface area contributed by atoms with E-state index >= 15 is 0 Å². The number of rotatable bonds is 5. The third-order valence-corrected chi connectivity index (χ3v) is 3.30. The molecule has 9 heteroatoms. The summed E-state index contributed by atoms with van der Waals surface area (Å²) in [4.78, 5) is 24.7. The molecule has 0 atom stereocenters. The first-order valence-corrected chi connectivity index (χ1v) is 7.17. The number of anilines is 2. The summed E-state index contributed by atoms with van der Waals surface area (Å²) in [6.07, 6.45) is -2.19. The van der Waals surface area contributed by atoms with Crippen molar-refractivity contribution in [2.24, 2.45) is 0 Å². The SMILES string of the molecule is CN(C)C(=O)CNc1ccc(NC(=O)c2ccoc2)cc1C(F)(F)F. The lowest BCUT2D eigenvalue weighted by atomic mass is 10.1. The van der Waals surface area contributed by atoms with Crippen LogP contribution in [-0.2, 0) is 11.0 Å². The van der Waals surface area contributed by atoms with Gasteiger partial charge in [0.15, 0.2) is 0 Å². The standard InChI is InChI=1S/C16H16F3N3O3/c1-22(2)14(23)8-20-13-4-3-11(7-12(13)16(17,18)19)21-15(24)10-5-6-25-9-10/h3-7,9,20H,8H2,1-2H3,(H,21,24). The summed E-state index contributed by atoms with van der Waals surface area (Å²) in [5.74, 6) is -0.962. The van der Waals surface area contributed by atoms with Gasteiger partial charge < -0.3 is 20.0 Å². The summed E-state index contributed by atoms with van der Waals surface area (Å²) in [5.41, 5.74) is -1.07. The van der Waals surface area contributed by atoms with Gasteiger partial charge in [0.1, 0.15) is 6.26 Å². The van der Waals surface area contributed by atoms with Crippen LogP contribution < -0.4 is 10.6 Å². The molecule has 1 heterocycles. The molecular weight excluding hydrogens is 339 g/mol. The molecule has 1 aromatic carbocycles. The second-order valence-corrected chi connectivity index (χ2v) is 5.37. The molecule has 6 nitrogen and oxygen atoms in total. The molecule has 0 aliphatic heterocycles. The fourth-order valence-electron chi connectivity index (χ4n) is 1.94. The third kappa shape index (κ3) is 4.75. The molecule has 2 amide bonds. The van der Waals surface area contributed by atoms with E-state index in [0.29, 0.717) is 0 Å². The van der Waals surface area contributed by atoms with Crippen LogP contribution in [0.25, 0.3) is 0 Å². The summed E-state index contributed by atoms with van der Waals surface area (Å²) in [7, 11) is 3.01. The number of nitrogens with zero attached hydrogens (tertiary/aromatic N) is 1. The Morgan fingerprint density at radius 3 is 2.48 bits per heavy atom. The molecule has 25 heavy (non-hydrogen) atoms. The van der Waals surface area contributed by atoms with Crippen molar-refractivity contribution in [3.63, 3.8) is 0 Å². The summed E-state index contributed by atoms with van der Waals surface area (Å²) in [6.45, 7) is -0.281. The van der Waals surface area contributed by atoms with Crippen LogP contribution in [0.4, 0.5) is 24.5 Å². The van der Waals surface area contributed by atoms with E-state index in [-0.39, 0.29) is 29.4 Å². The van der Waals surface area contributed by atoms with Crippen molar-refractivity contribution in [2.75, 3.05) is 31.3 Å². The molecule has 134 valence electrons. The van der Waals surface area contributed by atoms with E-state index in [1.54, 1.807) is 0 Å². The zero-order valence-corrected chi connectivity index (χ0v) is 13.5. The first kappa shape index (κ1) is 18.4. The number of nitrogens with one attached hydrogen (secondary N) is 2. The van der Waals surface area contributed by atoms with Crippen molar-refractivity contribution >= 4 is 23.2 Å². The quantitative estimate of drug-likeness (QED) is 0.865. The minimum Gasteiger partial charge on any atom is -0.472 e. The second kappa shape index (κ2) is 7.29. The predicted octanol–water partition coefficient (Wildman–Crippen LogP) is 3.05. The Morgan fingerprint density at radius 1 is 1.20 bits per heavy atom. The highest BCUT2D eigenvalue weighted by atomic mass is 19.4. The number of carbonyl (C=O) groups is 2. The molecule has 0 bridgehead atoms. The van der Waals surface area contributed by atoms with Gasteiger partial charge in [0.2, 0.25) is 5.91 Å². The van der Waals surface area contributed by atoms with Crippen LogP contribution in [0.1, 0.15) is 15.9 Å². The van der Waals surface area contributed by atoms with Crippen LogP contribution in [0.2, 0.25) is 0 Å². The lowest BCUT2D eigenvalue weighted by Gasteiger charge is -2.17. The maximum absolute atomic E-state index is 13.3. The van der Waals surface area contributed by atoms with Crippen molar-refractivity contribution in [1.29, 1.82) is 0 Å². The second-order valence-electron chi connectivity index (χ2n) is 5.37. The first-order chi connectivity index (χ1) is 11.7. The highest BCUT2D eigenvalue weighted by molar-refractivity contribution is 6.04. The summed E-state index contributed by atoms with van der Waals surface area (Å²) in [5, 5.41) is 4.84. The highest BCUT2D eigenvalue weighted by Crippen LogP contribution is 2.36. The monoisotopic (exact) mass is 355 g/mol. The van der Waals surface area contributed by atoms with Crippen LogP contribution in [0.5, 0.6) is 0 Å².